The summed E-state index contributed by atoms with van der Waals surface area (Å²) in [6.45, 7) is 4.84. The van der Waals surface area contributed by atoms with Crippen molar-refractivity contribution in [3.63, 3.8) is 0 Å². The van der Waals surface area contributed by atoms with Gasteiger partial charge in [0.25, 0.3) is 0 Å². The van der Waals surface area contributed by atoms with Crippen LogP contribution in [0.1, 0.15) is 26.2 Å². The lowest BCUT2D eigenvalue weighted by atomic mass is 10.0. The molecule has 3 nitrogen and oxygen atoms in total. The number of nitrogens with one attached hydrogen (secondary N) is 1. The lowest BCUT2D eigenvalue weighted by Gasteiger charge is -2.29. The molecule has 1 N–H and O–H groups in total. The van der Waals surface area contributed by atoms with Crippen LogP contribution in [0.25, 0.3) is 0 Å². The van der Waals surface area contributed by atoms with Gasteiger partial charge in [-0.1, -0.05) is 6.92 Å². The fourth-order valence-electron chi connectivity index (χ4n) is 1.72. The van der Waals surface area contributed by atoms with E-state index in [9.17, 15) is 0 Å². The minimum Gasteiger partial charge on any atom is -0.383 e. The van der Waals surface area contributed by atoms with Gasteiger partial charge in [0.2, 0.25) is 0 Å². The zero-order valence-electron chi connectivity index (χ0n) is 8.71. The summed E-state index contributed by atoms with van der Waals surface area (Å²) in [5.41, 5.74) is 0. The van der Waals surface area contributed by atoms with Crippen molar-refractivity contribution >= 4 is 0 Å². The molecule has 0 saturated carbocycles. The first-order valence-corrected chi connectivity index (χ1v) is 5.20. The topological polar surface area (TPSA) is 30.5 Å². The Bertz CT molecular complexity index is 130. The maximum absolute atomic E-state index is 5.59. The van der Waals surface area contributed by atoms with Gasteiger partial charge in [0.15, 0.2) is 0 Å². The first-order valence-electron chi connectivity index (χ1n) is 5.20. The van der Waals surface area contributed by atoms with Crippen LogP contribution in [-0.4, -0.2) is 39.0 Å². The average Bonchev–Trinajstić information content (AvgIpc) is 2.19. The van der Waals surface area contributed by atoms with Crippen LogP contribution < -0.4 is 5.32 Å². The third-order valence-electron chi connectivity index (χ3n) is 2.56. The van der Waals surface area contributed by atoms with Crippen molar-refractivity contribution in [2.75, 3.05) is 26.9 Å². The smallest absolute Gasteiger partial charge is 0.0587 e. The minimum atomic E-state index is 0.466. The van der Waals surface area contributed by atoms with Gasteiger partial charge in [-0.15, -0.1) is 0 Å². The Hall–Kier alpha value is -0.120. The molecule has 13 heavy (non-hydrogen) atoms. The van der Waals surface area contributed by atoms with Crippen LogP contribution in [0, 0.1) is 0 Å². The first kappa shape index (κ1) is 11.0. The van der Waals surface area contributed by atoms with Crippen molar-refractivity contribution in [3.05, 3.63) is 0 Å². The molecular weight excluding hydrogens is 166 g/mol. The van der Waals surface area contributed by atoms with E-state index >= 15 is 0 Å². The molecule has 1 aliphatic rings. The van der Waals surface area contributed by atoms with E-state index in [-0.39, 0.29) is 0 Å². The molecule has 0 bridgehead atoms. The van der Waals surface area contributed by atoms with Crippen LogP contribution in [0.4, 0.5) is 0 Å². The molecule has 78 valence electrons. The van der Waals surface area contributed by atoms with Crippen LogP contribution in [0.3, 0.4) is 0 Å². The van der Waals surface area contributed by atoms with Crippen molar-refractivity contribution in [1.82, 2.24) is 5.32 Å². The molecule has 0 aliphatic carbocycles. The van der Waals surface area contributed by atoms with E-state index < -0.39 is 0 Å². The molecule has 0 spiro atoms. The molecule has 1 saturated heterocycles. The van der Waals surface area contributed by atoms with E-state index in [0.717, 1.165) is 39.0 Å². The van der Waals surface area contributed by atoms with E-state index in [1.54, 1.807) is 7.11 Å². The standard InChI is InChI=1S/C10H21NO2/c1-3-10-8-9(4-6-13-10)11-5-7-12-2/h9-11H,3-8H2,1-2H3. The lowest BCUT2D eigenvalue weighted by molar-refractivity contribution is -0.000873. The number of ether oxygens (including phenoxy) is 2. The Morgan fingerprint density at radius 1 is 1.54 bits per heavy atom. The molecule has 1 rings (SSSR count). The summed E-state index contributed by atoms with van der Waals surface area (Å²) < 4.78 is 10.6. The molecular formula is C10H21NO2. The average molecular weight is 187 g/mol. The molecule has 0 amide bonds. The molecule has 0 aromatic carbocycles. The summed E-state index contributed by atoms with van der Waals surface area (Å²) in [5, 5.41) is 3.48. The van der Waals surface area contributed by atoms with Crippen LogP contribution >= 0.6 is 0 Å². The van der Waals surface area contributed by atoms with Gasteiger partial charge >= 0.3 is 0 Å². The summed E-state index contributed by atoms with van der Waals surface area (Å²) in [7, 11) is 1.74. The van der Waals surface area contributed by atoms with Crippen molar-refractivity contribution in [2.45, 2.75) is 38.3 Å². The SMILES string of the molecule is CCC1CC(NCCOC)CCO1. The van der Waals surface area contributed by atoms with Crippen LogP contribution in [0.5, 0.6) is 0 Å². The fraction of sp³-hybridized carbons (Fsp3) is 1.00. The van der Waals surface area contributed by atoms with Gasteiger partial charge in [-0.2, -0.15) is 0 Å². The van der Waals surface area contributed by atoms with Gasteiger partial charge in [-0.3, -0.25) is 0 Å². The van der Waals surface area contributed by atoms with Crippen LogP contribution in [-0.2, 0) is 9.47 Å². The summed E-state index contributed by atoms with van der Waals surface area (Å²) in [6, 6.07) is 0.633. The second-order valence-electron chi connectivity index (χ2n) is 3.57. The first-order chi connectivity index (χ1) is 6.36. The highest BCUT2D eigenvalue weighted by atomic mass is 16.5. The maximum atomic E-state index is 5.59. The number of hydrogen-bond acceptors (Lipinski definition) is 3. The second-order valence-corrected chi connectivity index (χ2v) is 3.57. The highest BCUT2D eigenvalue weighted by molar-refractivity contribution is 4.75. The molecule has 1 aliphatic heterocycles. The van der Waals surface area contributed by atoms with Crippen LogP contribution in [0.15, 0.2) is 0 Å². The summed E-state index contributed by atoms with van der Waals surface area (Å²) in [4.78, 5) is 0. The Kier molecular flexibility index (Phi) is 5.35. The predicted molar refractivity (Wildman–Crippen MR) is 52.9 cm³/mol. The molecule has 2 unspecified atom stereocenters. The van der Waals surface area contributed by atoms with Crippen molar-refractivity contribution < 1.29 is 9.47 Å². The fourth-order valence-corrected chi connectivity index (χ4v) is 1.72. The molecule has 1 fully saturated rings. The Morgan fingerprint density at radius 3 is 3.08 bits per heavy atom. The van der Waals surface area contributed by atoms with E-state index in [1.165, 1.54) is 0 Å². The van der Waals surface area contributed by atoms with Gasteiger partial charge in [0.1, 0.15) is 0 Å². The van der Waals surface area contributed by atoms with Gasteiger partial charge < -0.3 is 14.8 Å². The highest BCUT2D eigenvalue weighted by Crippen LogP contribution is 2.15. The third-order valence-corrected chi connectivity index (χ3v) is 2.56. The minimum absolute atomic E-state index is 0.466. The second kappa shape index (κ2) is 6.35. The molecule has 0 aromatic rings. The Morgan fingerprint density at radius 2 is 2.38 bits per heavy atom. The summed E-state index contributed by atoms with van der Waals surface area (Å²) in [5.74, 6) is 0. The maximum Gasteiger partial charge on any atom is 0.0587 e. The number of hydrogen-bond donors (Lipinski definition) is 1. The molecule has 0 aromatic heterocycles. The third kappa shape index (κ3) is 4.07. The van der Waals surface area contributed by atoms with E-state index in [1.807, 2.05) is 0 Å². The van der Waals surface area contributed by atoms with Crippen molar-refractivity contribution in [2.24, 2.45) is 0 Å². The van der Waals surface area contributed by atoms with E-state index in [4.69, 9.17) is 9.47 Å². The molecule has 3 heteroatoms. The largest absolute Gasteiger partial charge is 0.383 e. The Labute approximate surface area is 80.8 Å². The van der Waals surface area contributed by atoms with Gasteiger partial charge in [-0.25, -0.2) is 0 Å². The highest BCUT2D eigenvalue weighted by Gasteiger charge is 2.20. The zero-order chi connectivity index (χ0) is 9.52. The summed E-state index contributed by atoms with van der Waals surface area (Å²) >= 11 is 0. The zero-order valence-corrected chi connectivity index (χ0v) is 8.71. The van der Waals surface area contributed by atoms with Gasteiger partial charge in [0.05, 0.1) is 12.7 Å². The van der Waals surface area contributed by atoms with Crippen molar-refractivity contribution in [3.8, 4) is 0 Å². The summed E-state index contributed by atoms with van der Waals surface area (Å²) in [6.07, 6.45) is 3.89. The number of rotatable bonds is 5. The predicted octanol–water partition coefficient (Wildman–Crippen LogP) is 1.18. The molecule has 2 atom stereocenters. The number of methoxy groups -OCH3 is 1. The quantitative estimate of drug-likeness (QED) is 0.656. The van der Waals surface area contributed by atoms with E-state index in [2.05, 4.69) is 12.2 Å². The molecule has 1 heterocycles. The monoisotopic (exact) mass is 187 g/mol. The van der Waals surface area contributed by atoms with Gasteiger partial charge in [0, 0.05) is 26.3 Å². The lowest BCUT2D eigenvalue weighted by Crippen LogP contribution is -2.40. The Balaban J connectivity index is 2.11. The normalized spacial score (nSPS) is 29.1. The van der Waals surface area contributed by atoms with Crippen LogP contribution in [0.2, 0.25) is 0 Å². The van der Waals surface area contributed by atoms with Gasteiger partial charge in [-0.05, 0) is 19.3 Å². The van der Waals surface area contributed by atoms with Crippen molar-refractivity contribution in [1.29, 1.82) is 0 Å². The van der Waals surface area contributed by atoms with E-state index in [0.29, 0.717) is 12.1 Å². The molecule has 0 radical (unpaired) electrons.